The van der Waals surface area contributed by atoms with Gasteiger partial charge in [0.15, 0.2) is 0 Å². The van der Waals surface area contributed by atoms with Gasteiger partial charge >= 0.3 is 0 Å². The van der Waals surface area contributed by atoms with E-state index in [1.165, 1.54) is 4.90 Å². The molecule has 136 valence electrons. The maximum atomic E-state index is 12.3. The zero-order valence-electron chi connectivity index (χ0n) is 15.0. The zero-order chi connectivity index (χ0) is 18.5. The van der Waals surface area contributed by atoms with Gasteiger partial charge in [-0.1, -0.05) is 19.1 Å². The van der Waals surface area contributed by atoms with Crippen LogP contribution in [0, 0.1) is 0 Å². The monoisotopic (exact) mass is 352 g/mol. The minimum atomic E-state index is -0.184. The molecule has 26 heavy (non-hydrogen) atoms. The summed E-state index contributed by atoms with van der Waals surface area (Å²) in [5.41, 5.74) is 8.67. The molecule has 2 aromatic rings. The Hall–Kier alpha value is -2.82. The molecule has 2 N–H and O–H groups in total. The number of benzene rings is 2. The third-order valence-electron chi connectivity index (χ3n) is 4.63. The van der Waals surface area contributed by atoms with Crippen molar-refractivity contribution in [3.05, 3.63) is 59.2 Å². The lowest BCUT2D eigenvalue weighted by molar-refractivity contribution is 0.0651. The van der Waals surface area contributed by atoms with Crippen molar-refractivity contribution in [3.63, 3.8) is 0 Å². The second-order valence-electron chi connectivity index (χ2n) is 6.44. The summed E-state index contributed by atoms with van der Waals surface area (Å²) >= 11 is 0. The van der Waals surface area contributed by atoms with Crippen molar-refractivity contribution in [2.24, 2.45) is 0 Å². The highest BCUT2D eigenvalue weighted by Gasteiger charge is 2.34. The van der Waals surface area contributed by atoms with Crippen LogP contribution in [0.2, 0.25) is 0 Å². The average Bonchev–Trinajstić information content (AvgIpc) is 2.90. The average molecular weight is 352 g/mol. The van der Waals surface area contributed by atoms with Crippen LogP contribution in [0.25, 0.3) is 0 Å². The van der Waals surface area contributed by atoms with Crippen molar-refractivity contribution < 1.29 is 14.3 Å². The number of aryl methyl sites for hydroxylation is 1. The Kier molecular flexibility index (Phi) is 5.56. The number of nitrogens with two attached hydrogens (primary N) is 1. The van der Waals surface area contributed by atoms with Crippen LogP contribution in [0.5, 0.6) is 5.75 Å². The van der Waals surface area contributed by atoms with E-state index in [0.29, 0.717) is 24.3 Å². The zero-order valence-corrected chi connectivity index (χ0v) is 15.0. The van der Waals surface area contributed by atoms with Gasteiger partial charge in [0, 0.05) is 12.2 Å². The van der Waals surface area contributed by atoms with E-state index >= 15 is 0 Å². The number of hydrogen-bond donors (Lipinski definition) is 1. The molecule has 2 amide bonds. The first kappa shape index (κ1) is 18.0. The molecule has 0 aliphatic carbocycles. The van der Waals surface area contributed by atoms with Crippen molar-refractivity contribution in [1.29, 1.82) is 0 Å². The van der Waals surface area contributed by atoms with Gasteiger partial charge in [-0.05, 0) is 61.6 Å². The van der Waals surface area contributed by atoms with Crippen molar-refractivity contribution in [3.8, 4) is 5.75 Å². The minimum absolute atomic E-state index is 0.184. The second-order valence-corrected chi connectivity index (χ2v) is 6.44. The first-order valence-corrected chi connectivity index (χ1v) is 9.08. The third-order valence-corrected chi connectivity index (χ3v) is 4.63. The molecular weight excluding hydrogens is 328 g/mol. The van der Waals surface area contributed by atoms with Crippen LogP contribution in [0.4, 0.5) is 5.69 Å². The molecule has 0 radical (unpaired) electrons. The van der Waals surface area contributed by atoms with Gasteiger partial charge in [0.2, 0.25) is 0 Å². The number of hydrogen-bond acceptors (Lipinski definition) is 4. The van der Waals surface area contributed by atoms with E-state index in [4.69, 9.17) is 10.5 Å². The molecule has 5 heteroatoms. The van der Waals surface area contributed by atoms with E-state index in [9.17, 15) is 9.59 Å². The number of anilines is 1. The number of unbranched alkanes of at least 4 members (excludes halogenated alkanes) is 2. The molecule has 0 atom stereocenters. The molecular formula is C21H24N2O3. The Labute approximate surface area is 153 Å². The molecule has 0 unspecified atom stereocenters. The van der Waals surface area contributed by atoms with E-state index in [-0.39, 0.29) is 11.8 Å². The van der Waals surface area contributed by atoms with Crippen molar-refractivity contribution in [2.75, 3.05) is 18.9 Å². The van der Waals surface area contributed by atoms with Crippen LogP contribution in [0.1, 0.15) is 52.5 Å². The summed E-state index contributed by atoms with van der Waals surface area (Å²) in [7, 11) is 0. The van der Waals surface area contributed by atoms with Crippen LogP contribution < -0.4 is 10.5 Å². The summed E-state index contributed by atoms with van der Waals surface area (Å²) in [4.78, 5) is 25.9. The number of nitrogen functional groups attached to an aromatic ring is 1. The number of nitrogens with zero attached hydrogens (tertiary/aromatic N) is 1. The Morgan fingerprint density at radius 3 is 2.31 bits per heavy atom. The fraction of sp³-hybridized carbons (Fsp3) is 0.333. The second kappa shape index (κ2) is 8.04. The molecule has 1 aliphatic rings. The van der Waals surface area contributed by atoms with E-state index in [1.54, 1.807) is 24.3 Å². The Morgan fingerprint density at radius 2 is 1.65 bits per heavy atom. The molecule has 1 heterocycles. The molecule has 5 nitrogen and oxygen atoms in total. The number of ether oxygens (including phenoxy) is 1. The summed E-state index contributed by atoms with van der Waals surface area (Å²) in [6.45, 7) is 3.14. The van der Waals surface area contributed by atoms with E-state index < -0.39 is 0 Å². The summed E-state index contributed by atoms with van der Waals surface area (Å²) in [5, 5.41) is 0. The highest BCUT2D eigenvalue weighted by atomic mass is 16.5. The van der Waals surface area contributed by atoms with E-state index in [2.05, 4.69) is 6.92 Å². The molecule has 0 saturated carbocycles. The largest absolute Gasteiger partial charge is 0.493 e. The number of carbonyl (C=O) groups excluding carboxylic acids is 2. The number of rotatable bonds is 8. The summed E-state index contributed by atoms with van der Waals surface area (Å²) < 4.78 is 5.84. The fourth-order valence-electron chi connectivity index (χ4n) is 3.19. The van der Waals surface area contributed by atoms with Gasteiger partial charge in [-0.2, -0.15) is 0 Å². The maximum absolute atomic E-state index is 12.3. The molecule has 0 spiro atoms. The third kappa shape index (κ3) is 3.72. The predicted molar refractivity (Wildman–Crippen MR) is 101 cm³/mol. The molecule has 0 bridgehead atoms. The number of carbonyl (C=O) groups is 2. The van der Waals surface area contributed by atoms with Gasteiger partial charge in [-0.15, -0.1) is 0 Å². The topological polar surface area (TPSA) is 72.6 Å². The lowest BCUT2D eigenvalue weighted by Crippen LogP contribution is -2.30. The lowest BCUT2D eigenvalue weighted by atomic mass is 10.1. The summed E-state index contributed by atoms with van der Waals surface area (Å²) in [6.07, 6.45) is 3.41. The van der Waals surface area contributed by atoms with Gasteiger partial charge in [-0.3, -0.25) is 14.5 Å². The maximum Gasteiger partial charge on any atom is 0.261 e. The molecule has 0 fully saturated rings. The molecule has 1 aliphatic heterocycles. The molecule has 0 aromatic heterocycles. The van der Waals surface area contributed by atoms with Crippen LogP contribution >= 0.6 is 0 Å². The van der Waals surface area contributed by atoms with Gasteiger partial charge in [0.1, 0.15) is 5.75 Å². The number of amides is 2. The van der Waals surface area contributed by atoms with Crippen LogP contribution in [-0.2, 0) is 6.42 Å². The first-order valence-electron chi connectivity index (χ1n) is 9.08. The van der Waals surface area contributed by atoms with Crippen molar-refractivity contribution in [1.82, 2.24) is 4.90 Å². The quantitative estimate of drug-likeness (QED) is 0.447. The van der Waals surface area contributed by atoms with Gasteiger partial charge in [0.05, 0.1) is 17.7 Å². The SMILES string of the molecule is CCc1cc(N)ccc1OCCCCCN1C(=O)c2ccccc2C1=O. The Morgan fingerprint density at radius 1 is 0.962 bits per heavy atom. The normalized spacial score (nSPS) is 13.2. The number of imide groups is 1. The van der Waals surface area contributed by atoms with Gasteiger partial charge in [0.25, 0.3) is 11.8 Å². The predicted octanol–water partition coefficient (Wildman–Crippen LogP) is 3.68. The highest BCUT2D eigenvalue weighted by molar-refractivity contribution is 6.21. The Bertz CT molecular complexity index is 782. The molecule has 2 aromatic carbocycles. The van der Waals surface area contributed by atoms with E-state index in [0.717, 1.165) is 42.7 Å². The van der Waals surface area contributed by atoms with Crippen LogP contribution in [0.3, 0.4) is 0 Å². The Balaban J connectivity index is 1.42. The van der Waals surface area contributed by atoms with Crippen LogP contribution in [0.15, 0.2) is 42.5 Å². The first-order chi connectivity index (χ1) is 12.6. The summed E-state index contributed by atoms with van der Waals surface area (Å²) in [6, 6.07) is 12.7. The van der Waals surface area contributed by atoms with E-state index in [1.807, 2.05) is 18.2 Å². The smallest absolute Gasteiger partial charge is 0.261 e. The highest BCUT2D eigenvalue weighted by Crippen LogP contribution is 2.24. The van der Waals surface area contributed by atoms with Gasteiger partial charge in [-0.25, -0.2) is 0 Å². The number of fused-ring (bicyclic) bond motifs is 1. The van der Waals surface area contributed by atoms with Crippen molar-refractivity contribution >= 4 is 17.5 Å². The minimum Gasteiger partial charge on any atom is -0.493 e. The summed E-state index contributed by atoms with van der Waals surface area (Å²) in [5.74, 6) is 0.509. The van der Waals surface area contributed by atoms with Gasteiger partial charge < -0.3 is 10.5 Å². The van der Waals surface area contributed by atoms with Crippen molar-refractivity contribution in [2.45, 2.75) is 32.6 Å². The van der Waals surface area contributed by atoms with Crippen LogP contribution in [-0.4, -0.2) is 29.9 Å². The fourth-order valence-corrected chi connectivity index (χ4v) is 3.19. The molecule has 3 rings (SSSR count). The molecule has 0 saturated heterocycles. The standard InChI is InChI=1S/C21H24N2O3/c1-2-15-14-16(22)10-11-19(15)26-13-7-3-6-12-23-20(24)17-8-4-5-9-18(17)21(23)25/h4-5,8-11,14H,2-3,6-7,12-13,22H2,1H3. The lowest BCUT2D eigenvalue weighted by Gasteiger charge is -2.14.